The highest BCUT2D eigenvalue weighted by atomic mass is 16.2. The number of nitrogens with one attached hydrogen (secondary N) is 1. The van der Waals surface area contributed by atoms with Gasteiger partial charge >= 0.3 is 0 Å². The molecule has 2 aliphatic rings. The molecule has 0 unspecified atom stereocenters. The summed E-state index contributed by atoms with van der Waals surface area (Å²) < 4.78 is 1.50. The number of benzene rings is 1. The van der Waals surface area contributed by atoms with Crippen LogP contribution in [0.25, 0.3) is 0 Å². The van der Waals surface area contributed by atoms with Crippen molar-refractivity contribution < 1.29 is 14.4 Å². The van der Waals surface area contributed by atoms with Crippen LogP contribution in [0.2, 0.25) is 0 Å². The molecule has 2 aliphatic heterocycles. The molecule has 0 bridgehead atoms. The van der Waals surface area contributed by atoms with Crippen molar-refractivity contribution in [3.8, 4) is 0 Å². The minimum atomic E-state index is -1.11. The Kier molecular flexibility index (Phi) is 6.01. The van der Waals surface area contributed by atoms with Crippen molar-refractivity contribution in [3.05, 3.63) is 53.3 Å². The van der Waals surface area contributed by atoms with E-state index >= 15 is 0 Å². The number of carbonyl (C=O) groups is 3. The molecule has 0 radical (unpaired) electrons. The number of hydrogen-bond donors (Lipinski definition) is 1. The zero-order chi connectivity index (χ0) is 22.9. The third-order valence-corrected chi connectivity index (χ3v) is 6.61. The second-order valence-electron chi connectivity index (χ2n) is 8.61. The van der Waals surface area contributed by atoms with Crippen LogP contribution in [0.15, 0.2) is 36.4 Å². The Bertz CT molecular complexity index is 1010. The quantitative estimate of drug-likeness (QED) is 0.747. The molecule has 1 aromatic heterocycles. The number of nitrogens with zero attached hydrogens (tertiary/aromatic N) is 5. The lowest BCUT2D eigenvalue weighted by molar-refractivity contribution is -0.132. The van der Waals surface area contributed by atoms with E-state index in [4.69, 9.17) is 0 Å². The van der Waals surface area contributed by atoms with Gasteiger partial charge in [-0.3, -0.25) is 19.1 Å². The zero-order valence-electron chi connectivity index (χ0n) is 18.9. The van der Waals surface area contributed by atoms with Crippen LogP contribution in [0.4, 0.5) is 0 Å². The van der Waals surface area contributed by atoms with Gasteiger partial charge in [0, 0.05) is 45.8 Å². The lowest BCUT2D eigenvalue weighted by atomic mass is 9.96. The summed E-state index contributed by atoms with van der Waals surface area (Å²) in [5.74, 6) is -0.758. The van der Waals surface area contributed by atoms with Crippen molar-refractivity contribution in [3.63, 3.8) is 0 Å². The maximum absolute atomic E-state index is 13.1. The second kappa shape index (κ2) is 8.74. The normalized spacial score (nSPS) is 21.4. The Balaban J connectivity index is 1.49. The fraction of sp³-hybridized carbons (Fsp3) is 0.478. The Morgan fingerprint density at radius 3 is 2.47 bits per heavy atom. The van der Waals surface area contributed by atoms with E-state index in [9.17, 15) is 14.4 Å². The summed E-state index contributed by atoms with van der Waals surface area (Å²) in [6.45, 7) is 8.29. The predicted molar refractivity (Wildman–Crippen MR) is 119 cm³/mol. The van der Waals surface area contributed by atoms with Crippen LogP contribution < -0.4 is 5.32 Å². The highest BCUT2D eigenvalue weighted by Gasteiger charge is 2.46. The number of amides is 3. The van der Waals surface area contributed by atoms with Crippen LogP contribution >= 0.6 is 0 Å². The van der Waals surface area contributed by atoms with Gasteiger partial charge in [-0.1, -0.05) is 37.3 Å². The third kappa shape index (κ3) is 4.00. The van der Waals surface area contributed by atoms with Crippen molar-refractivity contribution >= 4 is 17.7 Å². The van der Waals surface area contributed by atoms with Gasteiger partial charge in [-0.05, 0) is 19.0 Å². The van der Waals surface area contributed by atoms with Crippen LogP contribution in [0.5, 0.6) is 0 Å². The van der Waals surface area contributed by atoms with Gasteiger partial charge in [0.1, 0.15) is 11.2 Å². The van der Waals surface area contributed by atoms with Gasteiger partial charge in [0.2, 0.25) is 5.91 Å². The molecule has 2 aromatic rings. The summed E-state index contributed by atoms with van der Waals surface area (Å²) in [5.41, 5.74) is 0.444. The average molecular weight is 439 g/mol. The minimum absolute atomic E-state index is 0.173. The van der Waals surface area contributed by atoms with E-state index in [1.165, 1.54) is 9.58 Å². The Labute approximate surface area is 188 Å². The fourth-order valence-electron chi connectivity index (χ4n) is 4.23. The number of rotatable bonds is 5. The number of aromatic nitrogens is 2. The molecule has 0 spiro atoms. The first-order valence-electron chi connectivity index (χ1n) is 11.0. The summed E-state index contributed by atoms with van der Waals surface area (Å²) in [4.78, 5) is 44.6. The first kappa shape index (κ1) is 22.0. The first-order chi connectivity index (χ1) is 15.3. The van der Waals surface area contributed by atoms with Crippen LogP contribution in [0.3, 0.4) is 0 Å². The van der Waals surface area contributed by atoms with Gasteiger partial charge in [-0.15, -0.1) is 0 Å². The average Bonchev–Trinajstić information content (AvgIpc) is 3.25. The summed E-state index contributed by atoms with van der Waals surface area (Å²) in [6, 6.07) is 11.2. The molecule has 170 valence electrons. The van der Waals surface area contributed by atoms with Crippen LogP contribution in [0, 0.1) is 0 Å². The number of hydrogen-bond acceptors (Lipinski definition) is 5. The van der Waals surface area contributed by atoms with Crippen LogP contribution in [0.1, 0.15) is 40.4 Å². The molecule has 1 aromatic carbocycles. The fourth-order valence-corrected chi connectivity index (χ4v) is 4.23. The van der Waals surface area contributed by atoms with Gasteiger partial charge < -0.3 is 20.0 Å². The van der Waals surface area contributed by atoms with Gasteiger partial charge in [0.25, 0.3) is 11.8 Å². The Hall–Kier alpha value is -3.20. The molecular weight excluding hydrogens is 408 g/mol. The third-order valence-electron chi connectivity index (χ3n) is 6.61. The van der Waals surface area contributed by atoms with Crippen LogP contribution in [-0.4, -0.2) is 87.5 Å². The van der Waals surface area contributed by atoms with E-state index in [-0.39, 0.29) is 30.0 Å². The van der Waals surface area contributed by atoms with E-state index in [1.807, 2.05) is 30.3 Å². The summed E-state index contributed by atoms with van der Waals surface area (Å²) in [7, 11) is 1.62. The standard InChI is InChI=1S/C23H30N6O3/c1-4-27-10-12-28(13-11-27)20(30)18-14-19-21(31)26(3)23(2,16-29(19)25-18)22(32)24-15-17-8-6-5-7-9-17/h5-9,14H,4,10-13,15-16H2,1-3H3,(H,24,32)/t23-/m1/s1. The van der Waals surface area contributed by atoms with E-state index in [0.29, 0.717) is 25.3 Å². The zero-order valence-corrected chi connectivity index (χ0v) is 18.9. The van der Waals surface area contributed by atoms with Gasteiger partial charge in [-0.25, -0.2) is 0 Å². The number of carbonyl (C=O) groups excluding carboxylic acids is 3. The largest absolute Gasteiger partial charge is 0.350 e. The molecule has 9 nitrogen and oxygen atoms in total. The van der Waals surface area contributed by atoms with Crippen molar-refractivity contribution in [2.75, 3.05) is 39.8 Å². The van der Waals surface area contributed by atoms with E-state index in [2.05, 4.69) is 22.2 Å². The van der Waals surface area contributed by atoms with Gasteiger partial charge in [-0.2, -0.15) is 5.10 Å². The minimum Gasteiger partial charge on any atom is -0.350 e. The summed E-state index contributed by atoms with van der Waals surface area (Å²) >= 11 is 0. The maximum atomic E-state index is 13.1. The lowest BCUT2D eigenvalue weighted by Crippen LogP contribution is -2.62. The molecular formula is C23H30N6O3. The molecule has 3 heterocycles. The van der Waals surface area contributed by atoms with Gasteiger partial charge in [0.05, 0.1) is 6.54 Å². The molecule has 1 fully saturated rings. The number of likely N-dealkylation sites (N-methyl/N-ethyl adjacent to an activating group) is 2. The lowest BCUT2D eigenvalue weighted by Gasteiger charge is -2.40. The Morgan fingerprint density at radius 2 is 1.81 bits per heavy atom. The molecule has 32 heavy (non-hydrogen) atoms. The van der Waals surface area contributed by atoms with Crippen molar-refractivity contribution in [1.29, 1.82) is 0 Å². The Morgan fingerprint density at radius 1 is 1.12 bits per heavy atom. The monoisotopic (exact) mass is 438 g/mol. The molecule has 1 N–H and O–H groups in total. The first-order valence-corrected chi connectivity index (χ1v) is 11.0. The topological polar surface area (TPSA) is 90.8 Å². The van der Waals surface area contributed by atoms with Gasteiger partial charge in [0.15, 0.2) is 5.69 Å². The molecule has 3 amide bonds. The van der Waals surface area contributed by atoms with Crippen LogP contribution in [-0.2, 0) is 17.9 Å². The highest BCUT2D eigenvalue weighted by Crippen LogP contribution is 2.26. The van der Waals surface area contributed by atoms with Crippen molar-refractivity contribution in [1.82, 2.24) is 29.8 Å². The predicted octanol–water partition coefficient (Wildman–Crippen LogP) is 0.822. The summed E-state index contributed by atoms with van der Waals surface area (Å²) in [6.07, 6.45) is 0. The number of fused-ring (bicyclic) bond motifs is 1. The molecule has 0 aliphatic carbocycles. The molecule has 9 heteroatoms. The molecule has 0 saturated carbocycles. The van der Waals surface area contributed by atoms with Crippen molar-refractivity contribution in [2.45, 2.75) is 32.5 Å². The van der Waals surface area contributed by atoms with E-state index in [1.54, 1.807) is 24.9 Å². The highest BCUT2D eigenvalue weighted by molar-refractivity contribution is 6.01. The smallest absolute Gasteiger partial charge is 0.274 e. The molecule has 1 saturated heterocycles. The summed E-state index contributed by atoms with van der Waals surface area (Å²) in [5, 5.41) is 7.36. The van der Waals surface area contributed by atoms with E-state index in [0.717, 1.165) is 25.2 Å². The SMILES string of the molecule is CCN1CCN(C(=O)c2cc3n(n2)C[C@](C)(C(=O)NCc2ccccc2)N(C)C3=O)CC1. The molecule has 1 atom stereocenters. The number of piperazine rings is 1. The second-order valence-corrected chi connectivity index (χ2v) is 8.61. The van der Waals surface area contributed by atoms with E-state index < -0.39 is 5.54 Å². The maximum Gasteiger partial charge on any atom is 0.274 e. The van der Waals surface area contributed by atoms with Crippen molar-refractivity contribution in [2.24, 2.45) is 0 Å². The molecule has 4 rings (SSSR count).